The number of hydrogen-bond donors (Lipinski definition) is 3. The van der Waals surface area contributed by atoms with Crippen LogP contribution in [-0.2, 0) is 10.9 Å². The second kappa shape index (κ2) is 7.48. The number of rotatable bonds is 5. The molecule has 0 aliphatic heterocycles. The Morgan fingerprint density at radius 3 is 2.32 bits per heavy atom. The number of halogens is 3. The van der Waals surface area contributed by atoms with Crippen molar-refractivity contribution in [3.05, 3.63) is 59.2 Å². The Labute approximate surface area is 142 Å². The summed E-state index contributed by atoms with van der Waals surface area (Å²) in [6.45, 7) is 1.79. The molecule has 0 bridgehead atoms. The third-order valence-electron chi connectivity index (χ3n) is 3.76. The molecule has 132 valence electrons. The minimum absolute atomic E-state index is 0.104. The van der Waals surface area contributed by atoms with E-state index in [1.165, 1.54) is 12.1 Å². The summed E-state index contributed by atoms with van der Waals surface area (Å²) in [6, 6.07) is 9.98. The van der Waals surface area contributed by atoms with E-state index in [4.69, 9.17) is 10.8 Å². The first-order valence-electron chi connectivity index (χ1n) is 7.41. The van der Waals surface area contributed by atoms with E-state index in [2.05, 4.69) is 4.74 Å². The first-order valence-corrected chi connectivity index (χ1v) is 7.41. The lowest BCUT2D eigenvalue weighted by atomic mass is 9.95. The van der Waals surface area contributed by atoms with Crippen LogP contribution in [0.25, 0.3) is 11.1 Å². The molecule has 25 heavy (non-hydrogen) atoms. The summed E-state index contributed by atoms with van der Waals surface area (Å²) in [6.07, 6.45) is -4.89. The van der Waals surface area contributed by atoms with Crippen LogP contribution in [0.4, 0.5) is 13.2 Å². The predicted molar refractivity (Wildman–Crippen MR) is 88.8 cm³/mol. The molecule has 0 amide bonds. The Morgan fingerprint density at radius 1 is 1.16 bits per heavy atom. The monoisotopic (exact) mass is 350 g/mol. The Bertz CT molecular complexity index is 771. The highest BCUT2D eigenvalue weighted by molar-refractivity contribution is 5.80. The number of alkyl halides is 3. The lowest BCUT2D eigenvalue weighted by Gasteiger charge is -2.15. The fraction of sp³-hybridized carbons (Fsp3) is 0.222. The minimum Gasteiger partial charge on any atom is -0.433 e. The number of aryl methyl sites for hydroxylation is 1. The van der Waals surface area contributed by atoms with Gasteiger partial charge in [-0.1, -0.05) is 24.3 Å². The zero-order chi connectivity index (χ0) is 18.6. The van der Waals surface area contributed by atoms with Crippen LogP contribution in [-0.4, -0.2) is 17.4 Å². The molecule has 3 N–H and O–H groups in total. The molecule has 0 aromatic heterocycles. The predicted octanol–water partition coefficient (Wildman–Crippen LogP) is 4.71. The van der Waals surface area contributed by atoms with Gasteiger partial charge in [0.2, 0.25) is 0 Å². The van der Waals surface area contributed by atoms with Crippen molar-refractivity contribution in [2.75, 3.05) is 0 Å². The molecule has 2 aromatic rings. The van der Waals surface area contributed by atoms with Gasteiger partial charge in [0.15, 0.2) is 12.3 Å². The van der Waals surface area contributed by atoms with Crippen molar-refractivity contribution in [2.24, 2.45) is 0 Å². The standard InChI is InChI=1S/C18H17F3N2O2/c1-11-2-3-13(8-15(11)16(24)9-17(23)25-10-22)12-4-6-14(7-5-12)18(19,20)21/h2-8,10,16,22-24H,9H2,1H3. The third kappa shape index (κ3) is 4.67. The molecule has 0 saturated carbocycles. The van der Waals surface area contributed by atoms with E-state index in [0.717, 1.165) is 17.7 Å². The van der Waals surface area contributed by atoms with E-state index >= 15 is 0 Å². The van der Waals surface area contributed by atoms with Gasteiger partial charge in [-0.3, -0.25) is 10.8 Å². The summed E-state index contributed by atoms with van der Waals surface area (Å²) >= 11 is 0. The fourth-order valence-corrected chi connectivity index (χ4v) is 2.44. The molecule has 2 aromatic carbocycles. The zero-order valence-electron chi connectivity index (χ0n) is 13.4. The summed E-state index contributed by atoms with van der Waals surface area (Å²) in [5.41, 5.74) is 1.86. The zero-order valence-corrected chi connectivity index (χ0v) is 13.4. The van der Waals surface area contributed by atoms with Crippen molar-refractivity contribution < 1.29 is 23.0 Å². The summed E-state index contributed by atoms with van der Waals surface area (Å²) in [7, 11) is 0. The second-order valence-corrected chi connectivity index (χ2v) is 5.53. The highest BCUT2D eigenvalue weighted by Crippen LogP contribution is 2.32. The Kier molecular flexibility index (Phi) is 5.58. The number of nitrogens with one attached hydrogen (secondary N) is 2. The van der Waals surface area contributed by atoms with Crippen LogP contribution in [0.1, 0.15) is 29.2 Å². The van der Waals surface area contributed by atoms with Gasteiger partial charge in [0.1, 0.15) is 0 Å². The molecule has 2 rings (SSSR count). The summed E-state index contributed by atoms with van der Waals surface area (Å²) < 4.78 is 42.5. The van der Waals surface area contributed by atoms with E-state index in [-0.39, 0.29) is 12.3 Å². The molecule has 1 unspecified atom stereocenters. The van der Waals surface area contributed by atoms with Crippen molar-refractivity contribution in [3.63, 3.8) is 0 Å². The SMILES string of the molecule is Cc1ccc(-c2ccc(C(F)(F)F)cc2)cc1C(O)CC(=N)OC=N. The highest BCUT2D eigenvalue weighted by atomic mass is 19.4. The maximum absolute atomic E-state index is 12.6. The number of aliphatic hydroxyl groups excluding tert-OH is 1. The van der Waals surface area contributed by atoms with Gasteiger partial charge < -0.3 is 9.84 Å². The van der Waals surface area contributed by atoms with E-state index in [9.17, 15) is 18.3 Å². The molecule has 0 fully saturated rings. The molecule has 7 heteroatoms. The number of ether oxygens (including phenoxy) is 1. The van der Waals surface area contributed by atoms with E-state index in [1.54, 1.807) is 25.1 Å². The van der Waals surface area contributed by atoms with Gasteiger partial charge in [0.05, 0.1) is 18.1 Å². The quantitative estimate of drug-likeness (QED) is 0.540. The van der Waals surface area contributed by atoms with Crippen LogP contribution < -0.4 is 0 Å². The lowest BCUT2D eigenvalue weighted by molar-refractivity contribution is -0.137. The molecular weight excluding hydrogens is 333 g/mol. The molecule has 0 heterocycles. The minimum atomic E-state index is -4.39. The smallest absolute Gasteiger partial charge is 0.416 e. The van der Waals surface area contributed by atoms with Crippen molar-refractivity contribution in [3.8, 4) is 11.1 Å². The molecular formula is C18H17F3N2O2. The Hall–Kier alpha value is -2.67. The van der Waals surface area contributed by atoms with Crippen molar-refractivity contribution >= 4 is 12.3 Å². The van der Waals surface area contributed by atoms with Crippen molar-refractivity contribution in [1.29, 1.82) is 10.8 Å². The maximum Gasteiger partial charge on any atom is 0.416 e. The average Bonchev–Trinajstić information content (AvgIpc) is 2.54. The van der Waals surface area contributed by atoms with Crippen molar-refractivity contribution in [2.45, 2.75) is 25.6 Å². The largest absolute Gasteiger partial charge is 0.433 e. The fourth-order valence-electron chi connectivity index (χ4n) is 2.44. The van der Waals surface area contributed by atoms with Crippen LogP contribution in [0.15, 0.2) is 42.5 Å². The molecule has 0 saturated heterocycles. The second-order valence-electron chi connectivity index (χ2n) is 5.53. The summed E-state index contributed by atoms with van der Waals surface area (Å²) in [5, 5.41) is 24.6. The van der Waals surface area contributed by atoms with Gasteiger partial charge in [0, 0.05) is 0 Å². The van der Waals surface area contributed by atoms with E-state index in [0.29, 0.717) is 23.1 Å². The van der Waals surface area contributed by atoms with Crippen molar-refractivity contribution in [1.82, 2.24) is 0 Å². The van der Waals surface area contributed by atoms with Gasteiger partial charge >= 0.3 is 6.18 Å². The average molecular weight is 350 g/mol. The van der Waals surface area contributed by atoms with Crippen LogP contribution in [0.2, 0.25) is 0 Å². The van der Waals surface area contributed by atoms with Crippen LogP contribution in [0, 0.1) is 17.7 Å². The van der Waals surface area contributed by atoms with E-state index in [1.807, 2.05) is 0 Å². The molecule has 0 aliphatic carbocycles. The molecule has 1 atom stereocenters. The maximum atomic E-state index is 12.6. The van der Waals surface area contributed by atoms with Crippen LogP contribution >= 0.6 is 0 Å². The Balaban J connectivity index is 2.29. The molecule has 0 spiro atoms. The van der Waals surface area contributed by atoms with Crippen LogP contribution in [0.5, 0.6) is 0 Å². The van der Waals surface area contributed by atoms with Gasteiger partial charge in [0.25, 0.3) is 0 Å². The lowest BCUT2D eigenvalue weighted by Crippen LogP contribution is -2.09. The topological polar surface area (TPSA) is 77.2 Å². The summed E-state index contributed by atoms with van der Waals surface area (Å²) in [5.74, 6) is -0.248. The third-order valence-corrected chi connectivity index (χ3v) is 3.76. The molecule has 0 aliphatic rings. The van der Waals surface area contributed by atoms with Crippen LogP contribution in [0.3, 0.4) is 0 Å². The number of hydrogen-bond acceptors (Lipinski definition) is 4. The van der Waals surface area contributed by atoms with Gasteiger partial charge in [-0.25, -0.2) is 0 Å². The van der Waals surface area contributed by atoms with Gasteiger partial charge in [-0.2, -0.15) is 13.2 Å². The van der Waals surface area contributed by atoms with Gasteiger partial charge in [-0.15, -0.1) is 0 Å². The Morgan fingerprint density at radius 2 is 1.76 bits per heavy atom. The number of benzene rings is 2. The molecule has 4 nitrogen and oxygen atoms in total. The summed E-state index contributed by atoms with van der Waals surface area (Å²) in [4.78, 5) is 0. The highest BCUT2D eigenvalue weighted by Gasteiger charge is 2.30. The first kappa shape index (κ1) is 18.7. The first-order chi connectivity index (χ1) is 11.7. The number of aliphatic hydroxyl groups is 1. The normalized spacial score (nSPS) is 12.5. The van der Waals surface area contributed by atoms with Gasteiger partial charge in [-0.05, 0) is 47.4 Å². The molecule has 0 radical (unpaired) electrons. The van der Waals surface area contributed by atoms with E-state index < -0.39 is 17.8 Å².